The number of hydrogen-bond donors (Lipinski definition) is 2. The van der Waals surface area contributed by atoms with Crippen LogP contribution in [0.15, 0.2) is 36.4 Å². The Morgan fingerprint density at radius 2 is 1.85 bits per heavy atom. The van der Waals surface area contributed by atoms with Crippen LogP contribution in [0.2, 0.25) is 0 Å². The molecular formula is C20H21NO5. The van der Waals surface area contributed by atoms with Crippen molar-refractivity contribution in [3.8, 4) is 11.5 Å². The molecule has 26 heavy (non-hydrogen) atoms. The Morgan fingerprint density at radius 1 is 1.19 bits per heavy atom. The molecule has 0 fully saturated rings. The van der Waals surface area contributed by atoms with Crippen molar-refractivity contribution in [1.82, 2.24) is 5.32 Å². The fourth-order valence-corrected chi connectivity index (χ4v) is 2.98. The van der Waals surface area contributed by atoms with Gasteiger partial charge in [-0.25, -0.2) is 4.79 Å². The zero-order chi connectivity index (χ0) is 18.8. The Hall–Kier alpha value is -3.02. The fraction of sp³-hybridized carbons (Fsp3) is 0.300. The van der Waals surface area contributed by atoms with E-state index in [2.05, 4.69) is 5.32 Å². The number of carboxylic acids is 1. The van der Waals surface area contributed by atoms with Crippen LogP contribution < -0.4 is 14.8 Å². The highest BCUT2D eigenvalue weighted by Crippen LogP contribution is 2.32. The van der Waals surface area contributed by atoms with Gasteiger partial charge in [0.05, 0.1) is 7.11 Å². The Labute approximate surface area is 151 Å². The van der Waals surface area contributed by atoms with Gasteiger partial charge < -0.3 is 19.9 Å². The highest BCUT2D eigenvalue weighted by molar-refractivity contribution is 5.88. The van der Waals surface area contributed by atoms with Crippen molar-refractivity contribution >= 4 is 11.9 Å². The molecule has 0 aliphatic carbocycles. The fourth-order valence-electron chi connectivity index (χ4n) is 2.98. The number of carbonyl (C=O) groups excluding carboxylic acids is 1. The molecule has 6 nitrogen and oxygen atoms in total. The first-order valence-corrected chi connectivity index (χ1v) is 8.33. The van der Waals surface area contributed by atoms with Gasteiger partial charge in [-0.3, -0.25) is 4.79 Å². The molecule has 2 N–H and O–H groups in total. The Morgan fingerprint density at radius 3 is 2.46 bits per heavy atom. The minimum Gasteiger partial charge on any atom is -0.497 e. The molecule has 0 saturated heterocycles. The van der Waals surface area contributed by atoms with E-state index in [1.807, 2.05) is 26.0 Å². The molecule has 2 aromatic rings. The van der Waals surface area contributed by atoms with Gasteiger partial charge in [0.1, 0.15) is 11.5 Å². The summed E-state index contributed by atoms with van der Waals surface area (Å²) >= 11 is 0. The van der Waals surface area contributed by atoms with Gasteiger partial charge in [0.25, 0.3) is 5.91 Å². The zero-order valence-electron chi connectivity index (χ0n) is 14.9. The smallest absolute Gasteiger partial charge is 0.330 e. The summed E-state index contributed by atoms with van der Waals surface area (Å²) < 4.78 is 10.8. The lowest BCUT2D eigenvalue weighted by atomic mass is 10.0. The summed E-state index contributed by atoms with van der Waals surface area (Å²) in [5, 5.41) is 12.1. The van der Waals surface area contributed by atoms with Gasteiger partial charge in [0.2, 0.25) is 0 Å². The van der Waals surface area contributed by atoms with Crippen LogP contribution in [0.5, 0.6) is 11.5 Å². The lowest BCUT2D eigenvalue weighted by molar-refractivity contribution is -0.143. The van der Waals surface area contributed by atoms with Crippen LogP contribution in [-0.2, 0) is 16.0 Å². The minimum absolute atomic E-state index is 0.428. The predicted octanol–water partition coefficient (Wildman–Crippen LogP) is 2.56. The molecule has 1 heterocycles. The van der Waals surface area contributed by atoms with E-state index < -0.39 is 24.0 Å². The van der Waals surface area contributed by atoms with Gasteiger partial charge in [-0.2, -0.15) is 0 Å². The van der Waals surface area contributed by atoms with Crippen molar-refractivity contribution < 1.29 is 24.2 Å². The van der Waals surface area contributed by atoms with Crippen LogP contribution >= 0.6 is 0 Å². The molecule has 0 spiro atoms. The largest absolute Gasteiger partial charge is 0.497 e. The van der Waals surface area contributed by atoms with Crippen LogP contribution in [0.4, 0.5) is 0 Å². The first-order chi connectivity index (χ1) is 12.4. The van der Waals surface area contributed by atoms with E-state index >= 15 is 0 Å². The third kappa shape index (κ3) is 3.49. The number of fused-ring (bicyclic) bond motifs is 1. The number of rotatable bonds is 5. The highest BCUT2D eigenvalue weighted by Gasteiger charge is 2.32. The summed E-state index contributed by atoms with van der Waals surface area (Å²) in [5.74, 6) is -0.278. The molecule has 2 atom stereocenters. The standard InChI is InChI=1S/C20H21NO5/c1-11-8-14-10-17(26-16(14)9-12(11)2)19(22)21-18(20(23)24)13-4-6-15(25-3)7-5-13/h4-9,17-18H,10H2,1-3H3,(H,21,22)(H,23,24). The summed E-state index contributed by atoms with van der Waals surface area (Å²) in [4.78, 5) is 24.2. The molecular weight excluding hydrogens is 334 g/mol. The van der Waals surface area contributed by atoms with Crippen LogP contribution in [-0.4, -0.2) is 30.2 Å². The van der Waals surface area contributed by atoms with Gasteiger partial charge in [-0.15, -0.1) is 0 Å². The Balaban J connectivity index is 1.74. The zero-order valence-corrected chi connectivity index (χ0v) is 14.9. The average molecular weight is 355 g/mol. The topological polar surface area (TPSA) is 84.9 Å². The quantitative estimate of drug-likeness (QED) is 0.861. The lowest BCUT2D eigenvalue weighted by Gasteiger charge is -2.18. The number of methoxy groups -OCH3 is 1. The third-order valence-electron chi connectivity index (χ3n) is 4.63. The van der Waals surface area contributed by atoms with E-state index in [0.717, 1.165) is 16.7 Å². The number of carboxylic acid groups (broad SMARTS) is 1. The maximum absolute atomic E-state index is 12.6. The van der Waals surface area contributed by atoms with Crippen molar-refractivity contribution in [2.45, 2.75) is 32.4 Å². The summed E-state index contributed by atoms with van der Waals surface area (Å²) in [6, 6.07) is 9.33. The molecule has 1 aliphatic rings. The second kappa shape index (κ2) is 7.07. The molecule has 6 heteroatoms. The van der Waals surface area contributed by atoms with E-state index in [1.54, 1.807) is 24.3 Å². The van der Waals surface area contributed by atoms with E-state index in [0.29, 0.717) is 23.5 Å². The lowest BCUT2D eigenvalue weighted by Crippen LogP contribution is -2.42. The number of amides is 1. The Bertz CT molecular complexity index is 813. The van der Waals surface area contributed by atoms with E-state index in [9.17, 15) is 14.7 Å². The number of ether oxygens (including phenoxy) is 2. The highest BCUT2D eigenvalue weighted by atomic mass is 16.5. The van der Waals surface area contributed by atoms with Gasteiger partial charge in [0, 0.05) is 6.42 Å². The third-order valence-corrected chi connectivity index (χ3v) is 4.63. The van der Waals surface area contributed by atoms with Gasteiger partial charge in [-0.05, 0) is 54.3 Å². The van der Waals surface area contributed by atoms with Crippen molar-refractivity contribution in [3.05, 3.63) is 58.7 Å². The van der Waals surface area contributed by atoms with Gasteiger partial charge in [0.15, 0.2) is 12.1 Å². The monoisotopic (exact) mass is 355 g/mol. The second-order valence-electron chi connectivity index (χ2n) is 6.41. The molecule has 0 saturated carbocycles. The van der Waals surface area contributed by atoms with Crippen molar-refractivity contribution in [1.29, 1.82) is 0 Å². The molecule has 2 aromatic carbocycles. The number of aryl methyl sites for hydroxylation is 2. The van der Waals surface area contributed by atoms with E-state index in [1.165, 1.54) is 7.11 Å². The summed E-state index contributed by atoms with van der Waals surface area (Å²) in [7, 11) is 1.53. The number of carbonyl (C=O) groups is 2. The van der Waals surface area contributed by atoms with Crippen LogP contribution in [0.25, 0.3) is 0 Å². The van der Waals surface area contributed by atoms with Gasteiger partial charge in [-0.1, -0.05) is 18.2 Å². The second-order valence-corrected chi connectivity index (χ2v) is 6.41. The molecule has 1 aliphatic heterocycles. The first-order valence-electron chi connectivity index (χ1n) is 8.33. The summed E-state index contributed by atoms with van der Waals surface area (Å²) in [6.45, 7) is 3.99. The molecule has 2 unspecified atom stereocenters. The van der Waals surface area contributed by atoms with Crippen molar-refractivity contribution in [3.63, 3.8) is 0 Å². The van der Waals surface area contributed by atoms with Crippen LogP contribution in [0.1, 0.15) is 28.3 Å². The molecule has 3 rings (SSSR count). The molecule has 0 aromatic heterocycles. The molecule has 136 valence electrons. The summed E-state index contributed by atoms with van der Waals surface area (Å²) in [6.07, 6.45) is -0.302. The van der Waals surface area contributed by atoms with E-state index in [4.69, 9.17) is 9.47 Å². The molecule has 1 amide bonds. The average Bonchev–Trinajstić information content (AvgIpc) is 3.02. The SMILES string of the molecule is COc1ccc(C(NC(=O)C2Cc3cc(C)c(C)cc3O2)C(=O)O)cc1. The number of aliphatic carboxylic acids is 1. The molecule has 0 bridgehead atoms. The first kappa shape index (κ1) is 17.8. The number of benzene rings is 2. The number of nitrogens with one attached hydrogen (secondary N) is 1. The van der Waals surface area contributed by atoms with Gasteiger partial charge >= 0.3 is 5.97 Å². The van der Waals surface area contributed by atoms with Crippen LogP contribution in [0.3, 0.4) is 0 Å². The minimum atomic E-state index is -1.15. The predicted molar refractivity (Wildman–Crippen MR) is 95.5 cm³/mol. The maximum Gasteiger partial charge on any atom is 0.330 e. The maximum atomic E-state index is 12.6. The number of hydrogen-bond acceptors (Lipinski definition) is 4. The van der Waals surface area contributed by atoms with Crippen molar-refractivity contribution in [2.75, 3.05) is 7.11 Å². The molecule has 0 radical (unpaired) electrons. The normalized spacial score (nSPS) is 16.3. The van der Waals surface area contributed by atoms with Crippen LogP contribution in [0, 0.1) is 13.8 Å². The van der Waals surface area contributed by atoms with Crippen molar-refractivity contribution in [2.24, 2.45) is 0 Å². The summed E-state index contributed by atoms with van der Waals surface area (Å²) in [5.41, 5.74) is 3.65. The Kier molecular flexibility index (Phi) is 4.84. The van der Waals surface area contributed by atoms with E-state index in [-0.39, 0.29) is 0 Å².